The molecule has 0 saturated carbocycles. The van der Waals surface area contributed by atoms with Gasteiger partial charge in [-0.25, -0.2) is 0 Å². The highest BCUT2D eigenvalue weighted by atomic mass is 32.2. The molecule has 0 heterocycles. The molecule has 2 nitrogen and oxygen atoms in total. The van der Waals surface area contributed by atoms with Crippen LogP contribution in [-0.4, -0.2) is 23.6 Å². The Bertz CT molecular complexity index is 67.9. The first-order valence-electron chi connectivity index (χ1n) is 2.94. The highest BCUT2D eigenvalue weighted by molar-refractivity contribution is 7.93. The molecular formula is C6H14O2S. The minimum absolute atomic E-state index is 0.588. The number of hydrogen-bond acceptors (Lipinski definition) is 3. The van der Waals surface area contributed by atoms with Crippen LogP contribution in [0.4, 0.5) is 0 Å². The van der Waals surface area contributed by atoms with Gasteiger partial charge >= 0.3 is 0 Å². The fourth-order valence-corrected chi connectivity index (χ4v) is 0.625. The Morgan fingerprint density at radius 1 is 1.56 bits per heavy atom. The van der Waals surface area contributed by atoms with Gasteiger partial charge in [-0.05, 0) is 25.9 Å². The lowest BCUT2D eigenvalue weighted by molar-refractivity contribution is 0.0583. The number of aliphatic hydroxyl groups is 1. The molecule has 3 heteroatoms. The summed E-state index contributed by atoms with van der Waals surface area (Å²) in [5, 5.41) is 9.16. The molecule has 0 aromatic heterocycles. The number of hydrogen-bond donors (Lipinski definition) is 1. The molecule has 0 unspecified atom stereocenters. The van der Waals surface area contributed by atoms with E-state index in [1.807, 2.05) is 6.26 Å². The van der Waals surface area contributed by atoms with E-state index >= 15 is 0 Å². The molecule has 0 aromatic rings. The molecule has 0 bridgehead atoms. The molecule has 0 spiro atoms. The van der Waals surface area contributed by atoms with Crippen LogP contribution in [0.25, 0.3) is 0 Å². The summed E-state index contributed by atoms with van der Waals surface area (Å²) in [6.07, 6.45) is 2.55. The highest BCUT2D eigenvalue weighted by Gasteiger charge is 2.10. The second kappa shape index (κ2) is 4.14. The third-order valence-corrected chi connectivity index (χ3v) is 1.32. The van der Waals surface area contributed by atoms with Crippen LogP contribution in [0.2, 0.25) is 0 Å². The summed E-state index contributed by atoms with van der Waals surface area (Å²) in [4.78, 5) is 0. The van der Waals surface area contributed by atoms with Crippen molar-refractivity contribution in [2.45, 2.75) is 25.9 Å². The maximum absolute atomic E-state index is 9.16. The molecule has 0 radical (unpaired) electrons. The van der Waals surface area contributed by atoms with Crippen molar-refractivity contribution in [1.29, 1.82) is 0 Å². The SMILES string of the molecule is CSOCCC(C)(C)O. The van der Waals surface area contributed by atoms with E-state index in [-0.39, 0.29) is 0 Å². The van der Waals surface area contributed by atoms with Crippen LogP contribution in [0.15, 0.2) is 0 Å². The molecule has 0 amide bonds. The van der Waals surface area contributed by atoms with Crippen molar-refractivity contribution in [3.8, 4) is 0 Å². The molecule has 0 rings (SSSR count). The molecule has 0 aliphatic heterocycles. The first-order chi connectivity index (χ1) is 4.06. The van der Waals surface area contributed by atoms with Crippen molar-refractivity contribution < 1.29 is 9.29 Å². The fraction of sp³-hybridized carbons (Fsp3) is 1.00. The first-order valence-corrected chi connectivity index (χ1v) is 4.09. The molecule has 0 atom stereocenters. The van der Waals surface area contributed by atoms with Gasteiger partial charge in [0.15, 0.2) is 0 Å². The minimum Gasteiger partial charge on any atom is -0.390 e. The summed E-state index contributed by atoms with van der Waals surface area (Å²) < 4.78 is 4.97. The topological polar surface area (TPSA) is 29.5 Å². The molecule has 0 aliphatic carbocycles. The predicted molar refractivity (Wildman–Crippen MR) is 40.4 cm³/mol. The van der Waals surface area contributed by atoms with Crippen molar-refractivity contribution in [3.63, 3.8) is 0 Å². The Kier molecular flexibility index (Phi) is 4.27. The Balaban J connectivity index is 3.07. The van der Waals surface area contributed by atoms with Crippen LogP contribution < -0.4 is 0 Å². The van der Waals surface area contributed by atoms with Crippen molar-refractivity contribution in [2.75, 3.05) is 12.9 Å². The zero-order chi connectivity index (χ0) is 7.33. The second-order valence-electron chi connectivity index (χ2n) is 2.55. The van der Waals surface area contributed by atoms with E-state index in [4.69, 9.17) is 9.29 Å². The summed E-state index contributed by atoms with van der Waals surface area (Å²) in [7, 11) is 0. The third-order valence-electron chi connectivity index (χ3n) is 0.915. The van der Waals surface area contributed by atoms with E-state index in [1.54, 1.807) is 13.8 Å². The van der Waals surface area contributed by atoms with Crippen LogP contribution in [0.1, 0.15) is 20.3 Å². The van der Waals surface area contributed by atoms with E-state index in [0.717, 1.165) is 0 Å². The monoisotopic (exact) mass is 150 g/mol. The van der Waals surface area contributed by atoms with Crippen molar-refractivity contribution in [3.05, 3.63) is 0 Å². The van der Waals surface area contributed by atoms with Crippen LogP contribution >= 0.6 is 12.0 Å². The Morgan fingerprint density at radius 2 is 2.11 bits per heavy atom. The van der Waals surface area contributed by atoms with Gasteiger partial charge in [0.2, 0.25) is 0 Å². The predicted octanol–water partition coefficient (Wildman–Crippen LogP) is 1.44. The molecule has 0 aliphatic rings. The summed E-state index contributed by atoms with van der Waals surface area (Å²) in [5.74, 6) is 0. The van der Waals surface area contributed by atoms with Crippen molar-refractivity contribution in [2.24, 2.45) is 0 Å². The van der Waals surface area contributed by atoms with Crippen molar-refractivity contribution >= 4 is 12.0 Å². The van der Waals surface area contributed by atoms with Gasteiger partial charge in [-0.15, -0.1) is 0 Å². The van der Waals surface area contributed by atoms with Gasteiger partial charge in [-0.1, -0.05) is 0 Å². The standard InChI is InChI=1S/C6H14O2S/c1-6(2,7)4-5-8-9-3/h7H,4-5H2,1-3H3. The summed E-state index contributed by atoms with van der Waals surface area (Å²) >= 11 is 1.33. The average molecular weight is 150 g/mol. The lowest BCUT2D eigenvalue weighted by Crippen LogP contribution is -2.20. The Morgan fingerprint density at radius 3 is 2.44 bits per heavy atom. The molecular weight excluding hydrogens is 136 g/mol. The van der Waals surface area contributed by atoms with Gasteiger partial charge in [-0.2, -0.15) is 0 Å². The van der Waals surface area contributed by atoms with Crippen molar-refractivity contribution in [1.82, 2.24) is 0 Å². The van der Waals surface area contributed by atoms with E-state index in [9.17, 15) is 0 Å². The molecule has 9 heavy (non-hydrogen) atoms. The smallest absolute Gasteiger partial charge is 0.0640 e. The molecule has 0 aromatic carbocycles. The third kappa shape index (κ3) is 8.27. The Labute approximate surface area is 60.8 Å². The molecule has 56 valence electrons. The van der Waals surface area contributed by atoms with Gasteiger partial charge in [-0.3, -0.25) is 0 Å². The van der Waals surface area contributed by atoms with Crippen LogP contribution in [0.5, 0.6) is 0 Å². The zero-order valence-corrected chi connectivity index (χ0v) is 6.99. The van der Waals surface area contributed by atoms with Gasteiger partial charge in [0.25, 0.3) is 0 Å². The maximum atomic E-state index is 9.16. The maximum Gasteiger partial charge on any atom is 0.0640 e. The lowest BCUT2D eigenvalue weighted by atomic mass is 10.1. The molecule has 1 N–H and O–H groups in total. The zero-order valence-electron chi connectivity index (χ0n) is 6.18. The van der Waals surface area contributed by atoms with E-state index in [2.05, 4.69) is 0 Å². The molecule has 0 fully saturated rings. The number of rotatable bonds is 4. The van der Waals surface area contributed by atoms with Crippen LogP contribution in [-0.2, 0) is 4.18 Å². The summed E-state index contributed by atoms with van der Waals surface area (Å²) in [6.45, 7) is 4.16. The van der Waals surface area contributed by atoms with Gasteiger partial charge in [0, 0.05) is 12.7 Å². The van der Waals surface area contributed by atoms with Crippen LogP contribution in [0.3, 0.4) is 0 Å². The quantitative estimate of drug-likeness (QED) is 0.486. The molecule has 0 saturated heterocycles. The first kappa shape index (κ1) is 9.27. The fourth-order valence-electron chi connectivity index (χ4n) is 0.375. The van der Waals surface area contributed by atoms with Gasteiger partial charge < -0.3 is 9.29 Å². The van der Waals surface area contributed by atoms with Gasteiger partial charge in [0.1, 0.15) is 0 Å². The van der Waals surface area contributed by atoms with E-state index in [0.29, 0.717) is 13.0 Å². The van der Waals surface area contributed by atoms with E-state index in [1.165, 1.54) is 12.0 Å². The summed E-state index contributed by atoms with van der Waals surface area (Å²) in [5.41, 5.74) is -0.588. The minimum atomic E-state index is -0.588. The second-order valence-corrected chi connectivity index (χ2v) is 3.12. The van der Waals surface area contributed by atoms with Gasteiger partial charge in [0.05, 0.1) is 12.2 Å². The highest BCUT2D eigenvalue weighted by Crippen LogP contribution is 2.08. The average Bonchev–Trinajstić information content (AvgIpc) is 1.63. The van der Waals surface area contributed by atoms with Crippen LogP contribution in [0, 0.1) is 0 Å². The largest absolute Gasteiger partial charge is 0.390 e. The Hall–Kier alpha value is 0.270. The summed E-state index contributed by atoms with van der Waals surface area (Å²) in [6, 6.07) is 0. The normalized spacial score (nSPS) is 12.0. The van der Waals surface area contributed by atoms with E-state index < -0.39 is 5.60 Å². The lowest BCUT2D eigenvalue weighted by Gasteiger charge is -2.15.